The molecule has 0 saturated heterocycles. The Morgan fingerprint density at radius 2 is 2.00 bits per heavy atom. The maximum absolute atomic E-state index is 12.7. The lowest BCUT2D eigenvalue weighted by molar-refractivity contribution is 0.342. The fourth-order valence-corrected chi connectivity index (χ4v) is 3.14. The zero-order chi connectivity index (χ0) is 19.8. The molecule has 0 amide bonds. The monoisotopic (exact) mass is 359 g/mol. The van der Waals surface area contributed by atoms with Crippen molar-refractivity contribution in [3.8, 4) is 17.3 Å². The van der Waals surface area contributed by atoms with Crippen molar-refractivity contribution in [3.05, 3.63) is 63.4 Å². The highest BCUT2D eigenvalue weighted by atomic mass is 16.1. The maximum atomic E-state index is 12.7. The van der Waals surface area contributed by atoms with E-state index in [0.29, 0.717) is 29.0 Å². The molecule has 0 spiro atoms. The predicted octanol–water partition coefficient (Wildman–Crippen LogP) is 3.74. The molecule has 0 N–H and O–H groups in total. The first kappa shape index (κ1) is 18.4. The SMILES string of the molecule is [C-]#[N+]Cc1ccc(C#N)c(-c2ccc3c(n2)n(C)c(=O)n3CC(C)(C)C)c1. The molecule has 3 rings (SSSR count). The molecule has 0 aliphatic heterocycles. The molecular weight excluding hydrogens is 338 g/mol. The van der Waals surface area contributed by atoms with Crippen LogP contribution in [0.5, 0.6) is 0 Å². The van der Waals surface area contributed by atoms with Crippen molar-refractivity contribution in [1.82, 2.24) is 14.1 Å². The molecule has 0 aliphatic carbocycles. The molecule has 0 atom stereocenters. The fourth-order valence-electron chi connectivity index (χ4n) is 3.14. The summed E-state index contributed by atoms with van der Waals surface area (Å²) in [5, 5.41) is 9.45. The first-order chi connectivity index (χ1) is 12.7. The Labute approximate surface area is 158 Å². The zero-order valence-electron chi connectivity index (χ0n) is 15.9. The van der Waals surface area contributed by atoms with Crippen molar-refractivity contribution < 1.29 is 0 Å². The van der Waals surface area contributed by atoms with Gasteiger partial charge in [-0.05, 0) is 29.7 Å². The number of aromatic nitrogens is 3. The average molecular weight is 359 g/mol. The van der Waals surface area contributed by atoms with Crippen molar-refractivity contribution in [3.63, 3.8) is 0 Å². The zero-order valence-corrected chi connectivity index (χ0v) is 15.9. The summed E-state index contributed by atoms with van der Waals surface area (Å²) in [6.45, 7) is 14.2. The van der Waals surface area contributed by atoms with Crippen molar-refractivity contribution in [2.24, 2.45) is 12.5 Å². The lowest BCUT2D eigenvalue weighted by atomic mass is 9.97. The number of pyridine rings is 1. The third kappa shape index (κ3) is 3.47. The van der Waals surface area contributed by atoms with Crippen molar-refractivity contribution in [1.29, 1.82) is 5.26 Å². The molecule has 0 fully saturated rings. The number of hydrogen-bond acceptors (Lipinski definition) is 3. The third-order valence-corrected chi connectivity index (χ3v) is 4.36. The molecular formula is C21H21N5O. The van der Waals surface area contributed by atoms with Crippen LogP contribution in [0.3, 0.4) is 0 Å². The maximum Gasteiger partial charge on any atom is 0.330 e. The summed E-state index contributed by atoms with van der Waals surface area (Å²) in [5.41, 5.74) is 3.84. The molecule has 0 radical (unpaired) electrons. The van der Waals surface area contributed by atoms with Crippen molar-refractivity contribution >= 4 is 11.2 Å². The summed E-state index contributed by atoms with van der Waals surface area (Å²) in [5.74, 6) is 0. The molecule has 0 unspecified atom stereocenters. The van der Waals surface area contributed by atoms with E-state index < -0.39 is 0 Å². The first-order valence-corrected chi connectivity index (χ1v) is 8.68. The third-order valence-electron chi connectivity index (χ3n) is 4.36. The summed E-state index contributed by atoms with van der Waals surface area (Å²) in [6, 6.07) is 11.2. The topological polar surface area (TPSA) is 68.0 Å². The van der Waals surface area contributed by atoms with Gasteiger partial charge in [-0.25, -0.2) is 16.4 Å². The molecule has 6 nitrogen and oxygen atoms in total. The van der Waals surface area contributed by atoms with Gasteiger partial charge in [0.05, 0.1) is 22.8 Å². The first-order valence-electron chi connectivity index (χ1n) is 8.68. The van der Waals surface area contributed by atoms with E-state index >= 15 is 0 Å². The molecule has 6 heteroatoms. The summed E-state index contributed by atoms with van der Waals surface area (Å²) in [6.07, 6.45) is 0. The van der Waals surface area contributed by atoms with Gasteiger partial charge >= 0.3 is 5.69 Å². The minimum Gasteiger partial charge on any atom is -0.312 e. The van der Waals surface area contributed by atoms with Gasteiger partial charge in [0.25, 0.3) is 0 Å². The molecule has 27 heavy (non-hydrogen) atoms. The van der Waals surface area contributed by atoms with Gasteiger partial charge in [0.2, 0.25) is 6.54 Å². The number of aryl methyl sites for hydroxylation is 1. The van der Waals surface area contributed by atoms with E-state index in [9.17, 15) is 10.1 Å². The number of rotatable bonds is 3. The lowest BCUT2D eigenvalue weighted by Crippen LogP contribution is -2.27. The number of benzene rings is 1. The molecule has 0 saturated carbocycles. The summed E-state index contributed by atoms with van der Waals surface area (Å²) in [7, 11) is 1.71. The fraction of sp³-hybridized carbons (Fsp3) is 0.333. The van der Waals surface area contributed by atoms with Crippen LogP contribution >= 0.6 is 0 Å². The highest BCUT2D eigenvalue weighted by Gasteiger charge is 2.19. The van der Waals surface area contributed by atoms with Crippen LogP contribution in [0, 0.1) is 23.3 Å². The van der Waals surface area contributed by atoms with Gasteiger partial charge in [-0.2, -0.15) is 5.26 Å². The second-order valence-corrected chi connectivity index (χ2v) is 7.84. The molecule has 0 bridgehead atoms. The van der Waals surface area contributed by atoms with Crippen LogP contribution in [-0.4, -0.2) is 14.1 Å². The van der Waals surface area contributed by atoms with Crippen LogP contribution in [0.25, 0.3) is 27.3 Å². The standard InChI is InChI=1S/C21H21N5O/c1-21(2,3)13-26-18-9-8-17(24-19(18)25(5)20(26)27)16-10-14(12-23-4)6-7-15(16)11-22/h6-10H,12-13H2,1-3,5H3. The number of nitriles is 1. The van der Waals surface area contributed by atoms with Crippen LogP contribution in [0.2, 0.25) is 0 Å². The Morgan fingerprint density at radius 1 is 1.26 bits per heavy atom. The highest BCUT2D eigenvalue weighted by Crippen LogP contribution is 2.26. The Morgan fingerprint density at radius 3 is 2.63 bits per heavy atom. The highest BCUT2D eigenvalue weighted by molar-refractivity contribution is 5.78. The number of nitrogens with zero attached hydrogens (tertiary/aromatic N) is 5. The lowest BCUT2D eigenvalue weighted by Gasteiger charge is -2.18. The van der Waals surface area contributed by atoms with E-state index in [1.54, 1.807) is 28.3 Å². The van der Waals surface area contributed by atoms with E-state index in [0.717, 1.165) is 11.1 Å². The second-order valence-electron chi connectivity index (χ2n) is 7.84. The van der Waals surface area contributed by atoms with Gasteiger partial charge in [0.15, 0.2) is 5.65 Å². The average Bonchev–Trinajstić information content (AvgIpc) is 2.85. The van der Waals surface area contributed by atoms with Crippen LogP contribution in [0.1, 0.15) is 31.9 Å². The van der Waals surface area contributed by atoms with Gasteiger partial charge in [-0.15, -0.1) is 0 Å². The van der Waals surface area contributed by atoms with E-state index in [4.69, 9.17) is 6.57 Å². The quantitative estimate of drug-likeness (QED) is 0.669. The van der Waals surface area contributed by atoms with E-state index in [-0.39, 0.29) is 17.6 Å². The Kier molecular flexibility index (Phi) is 4.59. The summed E-state index contributed by atoms with van der Waals surface area (Å²) in [4.78, 5) is 20.8. The van der Waals surface area contributed by atoms with Gasteiger partial charge < -0.3 is 4.85 Å². The minimum absolute atomic E-state index is 0.0428. The number of hydrogen-bond donors (Lipinski definition) is 0. The van der Waals surface area contributed by atoms with E-state index in [1.807, 2.05) is 18.2 Å². The number of imidazole rings is 1. The van der Waals surface area contributed by atoms with E-state index in [2.05, 4.69) is 36.7 Å². The Bertz CT molecular complexity index is 1160. The molecule has 0 aliphatic rings. The molecule has 2 heterocycles. The Hall–Kier alpha value is -3.38. The van der Waals surface area contributed by atoms with Crippen molar-refractivity contribution in [2.75, 3.05) is 0 Å². The molecule has 3 aromatic rings. The van der Waals surface area contributed by atoms with Gasteiger partial charge in [-0.3, -0.25) is 9.13 Å². The normalized spacial score (nSPS) is 11.3. The molecule has 2 aromatic heterocycles. The van der Waals surface area contributed by atoms with Gasteiger partial charge in [-0.1, -0.05) is 26.8 Å². The van der Waals surface area contributed by atoms with Crippen LogP contribution in [0.15, 0.2) is 35.1 Å². The van der Waals surface area contributed by atoms with Gasteiger partial charge in [0.1, 0.15) is 0 Å². The Balaban J connectivity index is 2.21. The smallest absolute Gasteiger partial charge is 0.312 e. The largest absolute Gasteiger partial charge is 0.330 e. The van der Waals surface area contributed by atoms with E-state index in [1.165, 1.54) is 0 Å². The van der Waals surface area contributed by atoms with Gasteiger partial charge in [0, 0.05) is 24.7 Å². The minimum atomic E-state index is -0.105. The van der Waals surface area contributed by atoms with Crippen molar-refractivity contribution in [2.45, 2.75) is 33.9 Å². The van der Waals surface area contributed by atoms with Crippen LogP contribution < -0.4 is 5.69 Å². The molecule has 1 aromatic carbocycles. The summed E-state index contributed by atoms with van der Waals surface area (Å²) >= 11 is 0. The van der Waals surface area contributed by atoms with Crippen LogP contribution in [0.4, 0.5) is 0 Å². The summed E-state index contributed by atoms with van der Waals surface area (Å²) < 4.78 is 3.28. The second kappa shape index (κ2) is 6.74. The van der Waals surface area contributed by atoms with Crippen LogP contribution in [-0.2, 0) is 20.1 Å². The predicted molar refractivity (Wildman–Crippen MR) is 105 cm³/mol. The number of fused-ring (bicyclic) bond motifs is 1. The molecule has 136 valence electrons.